The van der Waals surface area contributed by atoms with Gasteiger partial charge in [0.15, 0.2) is 0 Å². The Hall–Kier alpha value is -3.67. The molecule has 3 aromatic rings. The minimum Gasteiger partial charge on any atom is -0.465 e. The second kappa shape index (κ2) is 9.86. The van der Waals surface area contributed by atoms with Gasteiger partial charge < -0.3 is 9.30 Å². The van der Waals surface area contributed by atoms with Crippen LogP contribution in [0.1, 0.15) is 47.1 Å². The Morgan fingerprint density at radius 3 is 2.58 bits per heavy atom. The maximum atomic E-state index is 11.9. The van der Waals surface area contributed by atoms with E-state index in [-0.39, 0.29) is 5.97 Å². The van der Waals surface area contributed by atoms with Gasteiger partial charge in [-0.1, -0.05) is 42.5 Å². The van der Waals surface area contributed by atoms with Crippen LogP contribution in [0.3, 0.4) is 0 Å². The molecule has 1 aromatic heterocycles. The summed E-state index contributed by atoms with van der Waals surface area (Å²) < 4.78 is 6.90. The Morgan fingerprint density at radius 1 is 1.15 bits per heavy atom. The van der Waals surface area contributed by atoms with Gasteiger partial charge in [-0.15, -0.1) is 0 Å². The van der Waals surface area contributed by atoms with Crippen LogP contribution in [-0.4, -0.2) is 46.8 Å². The molecule has 1 atom stereocenters. The van der Waals surface area contributed by atoms with E-state index in [1.165, 1.54) is 7.11 Å². The van der Waals surface area contributed by atoms with Crippen molar-refractivity contribution in [2.75, 3.05) is 20.3 Å². The van der Waals surface area contributed by atoms with Crippen molar-refractivity contribution in [2.45, 2.75) is 31.7 Å². The molecular weight excluding hydrogens is 418 g/mol. The predicted molar refractivity (Wildman–Crippen MR) is 123 cm³/mol. The van der Waals surface area contributed by atoms with E-state index in [0.717, 1.165) is 23.4 Å². The molecular formula is C26H27N3O4. The highest BCUT2D eigenvalue weighted by atomic mass is 16.7. The minimum atomic E-state index is -0.489. The van der Waals surface area contributed by atoms with Crippen molar-refractivity contribution in [3.8, 4) is 0 Å². The van der Waals surface area contributed by atoms with Gasteiger partial charge in [0.05, 0.1) is 24.7 Å². The summed E-state index contributed by atoms with van der Waals surface area (Å²) in [5, 5.41) is 1.66. The molecule has 0 N–H and O–H groups in total. The molecule has 1 saturated heterocycles. The summed E-state index contributed by atoms with van der Waals surface area (Å²) in [6.07, 6.45) is 4.93. The average Bonchev–Trinajstić information content (AvgIpc) is 3.33. The summed E-state index contributed by atoms with van der Waals surface area (Å²) in [5.74, 6) is 2.63. The number of allylic oxidation sites excluding steroid dienone is 1. The van der Waals surface area contributed by atoms with E-state index in [1.54, 1.807) is 23.4 Å². The first-order valence-electron chi connectivity index (χ1n) is 11.0. The smallest absolute Gasteiger partial charge is 0.337 e. The van der Waals surface area contributed by atoms with Gasteiger partial charge in [0.1, 0.15) is 17.5 Å². The largest absolute Gasteiger partial charge is 0.465 e. The molecule has 2 heterocycles. The molecule has 0 bridgehead atoms. The predicted octanol–water partition coefficient (Wildman–Crippen LogP) is 3.77. The van der Waals surface area contributed by atoms with Crippen LogP contribution in [0.25, 0.3) is 0 Å². The van der Waals surface area contributed by atoms with Gasteiger partial charge in [-0.25, -0.2) is 19.6 Å². The van der Waals surface area contributed by atoms with Crippen LogP contribution in [0.15, 0.2) is 72.7 Å². The van der Waals surface area contributed by atoms with Gasteiger partial charge in [0.2, 0.25) is 0 Å². The lowest BCUT2D eigenvalue weighted by molar-refractivity contribution is -0.140. The third-order valence-corrected chi connectivity index (χ3v) is 6.11. The normalized spacial score (nSPS) is 18.1. The van der Waals surface area contributed by atoms with Crippen molar-refractivity contribution in [1.82, 2.24) is 14.6 Å². The highest BCUT2D eigenvalue weighted by molar-refractivity contribution is 5.89. The zero-order chi connectivity index (χ0) is 23.3. The van der Waals surface area contributed by atoms with Crippen molar-refractivity contribution < 1.29 is 19.2 Å². The molecule has 1 aliphatic rings. The molecule has 0 aliphatic carbocycles. The summed E-state index contributed by atoms with van der Waals surface area (Å²) in [7, 11) is 1.37. The molecule has 0 saturated carbocycles. The summed E-state index contributed by atoms with van der Waals surface area (Å²) in [6, 6.07) is 17.5. The van der Waals surface area contributed by atoms with Gasteiger partial charge in [-0.05, 0) is 36.6 Å². The van der Waals surface area contributed by atoms with E-state index in [4.69, 9.17) is 14.6 Å². The summed E-state index contributed by atoms with van der Waals surface area (Å²) in [5.41, 5.74) is 2.64. The Morgan fingerprint density at radius 2 is 1.91 bits per heavy atom. The molecule has 1 aliphatic heterocycles. The van der Waals surface area contributed by atoms with Crippen molar-refractivity contribution in [2.24, 2.45) is 0 Å². The topological polar surface area (TPSA) is 73.7 Å². The number of ether oxygens (including phenoxy) is 1. The molecule has 7 heteroatoms. The second-order valence-electron chi connectivity index (χ2n) is 8.01. The summed E-state index contributed by atoms with van der Waals surface area (Å²) in [6.45, 7) is 3.54. The van der Waals surface area contributed by atoms with Crippen LogP contribution < -0.4 is 0 Å². The molecule has 0 radical (unpaired) electrons. The number of hydrogen-bond acceptors (Lipinski definition) is 6. The SMILES string of the molecule is CCON1CCC(c2ccccc2)(c2nccn2Cc2ccc(C(=O)OC)cc2)CC1=C=O. The number of benzene rings is 2. The summed E-state index contributed by atoms with van der Waals surface area (Å²) in [4.78, 5) is 34.1. The van der Waals surface area contributed by atoms with Crippen molar-refractivity contribution in [1.29, 1.82) is 0 Å². The van der Waals surface area contributed by atoms with Crippen LogP contribution in [-0.2, 0) is 26.3 Å². The van der Waals surface area contributed by atoms with Gasteiger partial charge in [0.25, 0.3) is 0 Å². The fourth-order valence-corrected chi connectivity index (χ4v) is 4.51. The number of aromatic nitrogens is 2. The first kappa shape index (κ1) is 22.5. The van der Waals surface area contributed by atoms with Gasteiger partial charge in [-0.2, -0.15) is 0 Å². The second-order valence-corrected chi connectivity index (χ2v) is 8.01. The number of piperidine rings is 1. The monoisotopic (exact) mass is 445 g/mol. The number of esters is 1. The van der Waals surface area contributed by atoms with E-state index >= 15 is 0 Å². The van der Waals surface area contributed by atoms with Crippen LogP contribution >= 0.6 is 0 Å². The Bertz CT molecular complexity index is 1150. The van der Waals surface area contributed by atoms with Crippen LogP contribution in [0, 0.1) is 0 Å². The maximum Gasteiger partial charge on any atom is 0.337 e. The van der Waals surface area contributed by atoms with E-state index < -0.39 is 5.41 Å². The average molecular weight is 446 g/mol. The number of methoxy groups -OCH3 is 1. The quantitative estimate of drug-likeness (QED) is 0.407. The molecule has 1 fully saturated rings. The molecule has 33 heavy (non-hydrogen) atoms. The fourth-order valence-electron chi connectivity index (χ4n) is 4.51. The molecule has 1 unspecified atom stereocenters. The van der Waals surface area contributed by atoms with E-state index in [0.29, 0.717) is 37.4 Å². The molecule has 0 spiro atoms. The zero-order valence-corrected chi connectivity index (χ0v) is 18.9. The lowest BCUT2D eigenvalue weighted by Crippen LogP contribution is -2.43. The van der Waals surface area contributed by atoms with Crippen LogP contribution in [0.4, 0.5) is 0 Å². The highest BCUT2D eigenvalue weighted by Gasteiger charge is 2.44. The number of carbonyl (C=O) groups excluding carboxylic acids is 2. The first-order chi connectivity index (χ1) is 16.1. The Labute approximate surface area is 193 Å². The van der Waals surface area contributed by atoms with E-state index in [9.17, 15) is 9.59 Å². The van der Waals surface area contributed by atoms with E-state index in [2.05, 4.69) is 22.6 Å². The zero-order valence-electron chi connectivity index (χ0n) is 18.9. The summed E-state index contributed by atoms with van der Waals surface area (Å²) >= 11 is 0. The van der Waals surface area contributed by atoms with Crippen LogP contribution in [0.5, 0.6) is 0 Å². The van der Waals surface area contributed by atoms with Crippen molar-refractivity contribution >= 4 is 11.9 Å². The number of rotatable bonds is 7. The first-order valence-corrected chi connectivity index (χ1v) is 11.0. The fraction of sp³-hybridized carbons (Fsp3) is 0.308. The lowest BCUT2D eigenvalue weighted by Gasteiger charge is -2.42. The number of carbonyl (C=O) groups is 1. The third-order valence-electron chi connectivity index (χ3n) is 6.11. The van der Waals surface area contributed by atoms with Gasteiger partial charge >= 0.3 is 5.97 Å². The molecule has 170 valence electrons. The van der Waals surface area contributed by atoms with E-state index in [1.807, 2.05) is 43.5 Å². The van der Waals surface area contributed by atoms with Gasteiger partial charge in [-0.3, -0.25) is 4.84 Å². The number of nitrogens with zero attached hydrogens (tertiary/aromatic N) is 3. The van der Waals surface area contributed by atoms with Crippen LogP contribution in [0.2, 0.25) is 0 Å². The Balaban J connectivity index is 1.71. The minimum absolute atomic E-state index is 0.359. The van der Waals surface area contributed by atoms with Crippen molar-refractivity contribution in [3.63, 3.8) is 0 Å². The molecule has 2 aromatic carbocycles. The maximum absolute atomic E-state index is 11.9. The molecule has 7 nitrogen and oxygen atoms in total. The molecule has 4 rings (SSSR count). The third kappa shape index (κ3) is 4.46. The number of hydrogen-bond donors (Lipinski definition) is 0. The lowest BCUT2D eigenvalue weighted by atomic mass is 9.71. The number of hydroxylamine groups is 2. The van der Waals surface area contributed by atoms with Crippen molar-refractivity contribution in [3.05, 3.63) is 95.2 Å². The Kier molecular flexibility index (Phi) is 6.73. The standard InChI is InChI=1S/C26H27N3O4/c1-3-33-29-15-13-26(17-23(29)19-30,22-7-5-4-6-8-22)25-27-14-16-28(25)18-20-9-11-21(12-10-20)24(31)32-2/h4-12,14,16H,3,13,15,17-18H2,1-2H3. The highest BCUT2D eigenvalue weighted by Crippen LogP contribution is 2.44. The molecule has 0 amide bonds. The number of imidazole rings is 1. The van der Waals surface area contributed by atoms with Gasteiger partial charge in [0, 0.05) is 31.9 Å².